The zero-order valence-corrected chi connectivity index (χ0v) is 20.1. The molecule has 0 saturated carbocycles. The van der Waals surface area contributed by atoms with Crippen LogP contribution in [0.4, 0.5) is 0 Å². The lowest BCUT2D eigenvalue weighted by Crippen LogP contribution is -2.50. The minimum absolute atomic E-state index is 0.0478. The molecule has 0 aliphatic carbocycles. The van der Waals surface area contributed by atoms with Crippen molar-refractivity contribution in [1.29, 1.82) is 0 Å². The highest BCUT2D eigenvalue weighted by atomic mass is 16.5. The molecular weight excluding hydrogens is 434 g/mol. The highest BCUT2D eigenvalue weighted by molar-refractivity contribution is 5.99. The molecule has 0 amide bonds. The number of ketones is 2. The molecule has 8 heteroatoms. The van der Waals surface area contributed by atoms with Crippen LogP contribution in [-0.4, -0.2) is 47.4 Å². The molecule has 0 aromatic heterocycles. The Morgan fingerprint density at radius 1 is 1.06 bits per heavy atom. The first-order valence-electron chi connectivity index (χ1n) is 11.3. The molecule has 0 aliphatic heterocycles. The van der Waals surface area contributed by atoms with E-state index in [0.29, 0.717) is 43.8 Å². The van der Waals surface area contributed by atoms with Crippen LogP contribution >= 0.6 is 0 Å². The summed E-state index contributed by atoms with van der Waals surface area (Å²) < 4.78 is 5.08. The Bertz CT molecular complexity index is 1000. The number of nitrogens with zero attached hydrogens (tertiary/aromatic N) is 1. The van der Waals surface area contributed by atoms with Gasteiger partial charge in [-0.1, -0.05) is 18.2 Å². The second kappa shape index (κ2) is 12.6. The molecule has 1 atom stereocenters. The number of phenolic OH excluding ortho intramolecular Hbond substituents is 2. The minimum atomic E-state index is -0.442. The minimum Gasteiger partial charge on any atom is -0.508 e. The number of guanidine groups is 1. The molecule has 0 aliphatic rings. The summed E-state index contributed by atoms with van der Waals surface area (Å²) in [6.45, 7) is 2.01. The van der Waals surface area contributed by atoms with Crippen molar-refractivity contribution in [2.24, 2.45) is 10.7 Å². The summed E-state index contributed by atoms with van der Waals surface area (Å²) in [7, 11) is 3.07. The van der Waals surface area contributed by atoms with Gasteiger partial charge in [0.25, 0.3) is 0 Å². The number of benzene rings is 2. The van der Waals surface area contributed by atoms with Gasteiger partial charge < -0.3 is 26.0 Å². The van der Waals surface area contributed by atoms with Crippen LogP contribution in [0, 0.1) is 0 Å². The van der Waals surface area contributed by atoms with Crippen LogP contribution in [0.15, 0.2) is 47.5 Å². The second-order valence-electron chi connectivity index (χ2n) is 8.75. The Labute approximate surface area is 200 Å². The van der Waals surface area contributed by atoms with Crippen molar-refractivity contribution in [1.82, 2.24) is 5.32 Å². The first-order valence-corrected chi connectivity index (χ1v) is 11.3. The molecule has 8 nitrogen and oxygen atoms in total. The lowest BCUT2D eigenvalue weighted by molar-refractivity contribution is -0.127. The number of nitrogens with two attached hydrogens (primary N) is 1. The Morgan fingerprint density at radius 3 is 2.35 bits per heavy atom. The highest BCUT2D eigenvalue weighted by Crippen LogP contribution is 2.27. The molecule has 34 heavy (non-hydrogen) atoms. The van der Waals surface area contributed by atoms with E-state index in [1.54, 1.807) is 31.3 Å². The fraction of sp³-hybridized carbons (Fsp3) is 0.423. The summed E-state index contributed by atoms with van der Waals surface area (Å²) in [5.41, 5.74) is 7.35. The Hall–Kier alpha value is -3.55. The third-order valence-corrected chi connectivity index (χ3v) is 5.72. The molecular formula is C26H35N3O5. The van der Waals surface area contributed by atoms with Crippen LogP contribution in [0.2, 0.25) is 0 Å². The number of aliphatic imine (C=N–C) groups is 1. The van der Waals surface area contributed by atoms with E-state index in [-0.39, 0.29) is 35.9 Å². The number of hydrogen-bond acceptors (Lipinski definition) is 6. The summed E-state index contributed by atoms with van der Waals surface area (Å²) in [5.74, 6) is 0.730. The zero-order chi connectivity index (χ0) is 25.1. The molecule has 0 unspecified atom stereocenters. The number of hydrogen-bond donors (Lipinski definition) is 4. The summed E-state index contributed by atoms with van der Waals surface area (Å²) in [6, 6.07) is 11.9. The average molecular weight is 470 g/mol. The molecule has 0 radical (unpaired) electrons. The van der Waals surface area contributed by atoms with Crippen molar-refractivity contribution in [2.45, 2.75) is 57.4 Å². The molecule has 2 aromatic rings. The van der Waals surface area contributed by atoms with Gasteiger partial charge in [0.05, 0.1) is 13.5 Å². The monoisotopic (exact) mass is 469 g/mol. The molecule has 0 saturated heterocycles. The number of rotatable bonds is 13. The number of carbonyl (C=O) groups is 2. The second-order valence-corrected chi connectivity index (χ2v) is 8.75. The van der Waals surface area contributed by atoms with Crippen molar-refractivity contribution in [2.75, 3.05) is 14.2 Å². The smallest absolute Gasteiger partial charge is 0.188 e. The Kier molecular flexibility index (Phi) is 9.92. The SMILES string of the molecule is CN=C(N)N[C@@](C)(CCCC(=O)CC(=O)CCc1ccc(O)c(OC)c1)Cc1ccc(O)cc1. The zero-order valence-electron chi connectivity index (χ0n) is 20.1. The summed E-state index contributed by atoms with van der Waals surface area (Å²) in [4.78, 5) is 28.7. The summed E-state index contributed by atoms with van der Waals surface area (Å²) in [6.07, 6.45) is 2.82. The predicted molar refractivity (Wildman–Crippen MR) is 132 cm³/mol. The van der Waals surface area contributed by atoms with E-state index in [1.165, 1.54) is 13.2 Å². The normalized spacial score (nSPS) is 13.2. The van der Waals surface area contributed by atoms with E-state index in [2.05, 4.69) is 10.3 Å². The third kappa shape index (κ3) is 8.77. The van der Waals surface area contributed by atoms with Gasteiger partial charge in [-0.15, -0.1) is 0 Å². The van der Waals surface area contributed by atoms with E-state index in [4.69, 9.17) is 10.5 Å². The number of methoxy groups -OCH3 is 1. The van der Waals surface area contributed by atoms with E-state index in [9.17, 15) is 19.8 Å². The lowest BCUT2D eigenvalue weighted by Gasteiger charge is -2.32. The standard InChI is InChI=1S/C26H35N3O5/c1-26(29-25(27)28-2,17-19-7-10-20(30)11-8-19)14-4-5-21(31)16-22(32)12-6-18-9-13-23(33)24(15-18)34-3/h7-11,13,15,30,33H,4-6,12,14,16-17H2,1-3H3,(H3,27,28,29)/t26-/m0/s1. The molecule has 5 N–H and O–H groups in total. The molecule has 2 rings (SSSR count). The van der Waals surface area contributed by atoms with Crippen LogP contribution in [0.25, 0.3) is 0 Å². The van der Waals surface area contributed by atoms with E-state index < -0.39 is 5.54 Å². The van der Waals surface area contributed by atoms with E-state index in [0.717, 1.165) is 11.1 Å². The fourth-order valence-electron chi connectivity index (χ4n) is 3.86. The van der Waals surface area contributed by atoms with Crippen LogP contribution in [-0.2, 0) is 22.4 Å². The lowest BCUT2D eigenvalue weighted by atomic mass is 9.87. The van der Waals surface area contributed by atoms with Crippen LogP contribution in [0.1, 0.15) is 50.2 Å². The number of nitrogens with one attached hydrogen (secondary N) is 1. The van der Waals surface area contributed by atoms with Crippen molar-refractivity contribution < 1.29 is 24.5 Å². The topological polar surface area (TPSA) is 134 Å². The van der Waals surface area contributed by atoms with Gasteiger partial charge in [0.15, 0.2) is 17.5 Å². The van der Waals surface area contributed by atoms with Gasteiger partial charge >= 0.3 is 0 Å². The van der Waals surface area contributed by atoms with Gasteiger partial charge in [-0.2, -0.15) is 0 Å². The van der Waals surface area contributed by atoms with Gasteiger partial charge in [-0.05, 0) is 68.0 Å². The number of ether oxygens (including phenoxy) is 1. The first-order chi connectivity index (χ1) is 16.1. The maximum absolute atomic E-state index is 12.4. The van der Waals surface area contributed by atoms with Crippen molar-refractivity contribution >= 4 is 17.5 Å². The van der Waals surface area contributed by atoms with Gasteiger partial charge in [-0.3, -0.25) is 14.6 Å². The Morgan fingerprint density at radius 2 is 1.71 bits per heavy atom. The first kappa shape index (κ1) is 26.7. The fourth-order valence-corrected chi connectivity index (χ4v) is 3.86. The largest absolute Gasteiger partial charge is 0.508 e. The molecule has 184 valence electrons. The van der Waals surface area contributed by atoms with Crippen LogP contribution < -0.4 is 15.8 Å². The van der Waals surface area contributed by atoms with Gasteiger partial charge in [-0.25, -0.2) is 0 Å². The summed E-state index contributed by atoms with van der Waals surface area (Å²) in [5, 5.41) is 22.4. The predicted octanol–water partition coefficient (Wildman–Crippen LogP) is 3.27. The molecule has 0 heterocycles. The summed E-state index contributed by atoms with van der Waals surface area (Å²) >= 11 is 0. The number of Topliss-reactive ketones (excluding diaryl/α,β-unsaturated/α-hetero) is 2. The van der Waals surface area contributed by atoms with Gasteiger partial charge in [0.1, 0.15) is 17.3 Å². The van der Waals surface area contributed by atoms with Crippen molar-refractivity contribution in [3.63, 3.8) is 0 Å². The van der Waals surface area contributed by atoms with Gasteiger partial charge in [0, 0.05) is 25.4 Å². The number of aryl methyl sites for hydroxylation is 1. The maximum Gasteiger partial charge on any atom is 0.188 e. The number of aromatic hydroxyl groups is 2. The van der Waals surface area contributed by atoms with Crippen LogP contribution in [0.5, 0.6) is 17.2 Å². The quantitative estimate of drug-likeness (QED) is 0.201. The van der Waals surface area contributed by atoms with Crippen molar-refractivity contribution in [3.8, 4) is 17.2 Å². The molecule has 0 fully saturated rings. The third-order valence-electron chi connectivity index (χ3n) is 5.72. The number of phenols is 2. The molecule has 0 spiro atoms. The highest BCUT2D eigenvalue weighted by Gasteiger charge is 2.25. The van der Waals surface area contributed by atoms with Crippen LogP contribution in [0.3, 0.4) is 0 Å². The van der Waals surface area contributed by atoms with Crippen molar-refractivity contribution in [3.05, 3.63) is 53.6 Å². The van der Waals surface area contributed by atoms with E-state index >= 15 is 0 Å². The maximum atomic E-state index is 12.4. The Balaban J connectivity index is 1.84. The molecule has 2 aromatic carbocycles. The average Bonchev–Trinajstić information content (AvgIpc) is 2.79. The van der Waals surface area contributed by atoms with Gasteiger partial charge in [0.2, 0.25) is 0 Å². The number of carbonyl (C=O) groups excluding carboxylic acids is 2. The van der Waals surface area contributed by atoms with E-state index in [1.807, 2.05) is 19.1 Å². The molecule has 0 bridgehead atoms.